The number of benzene rings is 1. The zero-order valence-corrected chi connectivity index (χ0v) is 17.7. The number of carbonyl (C=O) groups excluding carboxylic acids is 1. The second-order valence-corrected chi connectivity index (χ2v) is 8.04. The topological polar surface area (TPSA) is 60.0 Å². The van der Waals surface area contributed by atoms with Crippen LogP contribution in [0.3, 0.4) is 0 Å². The van der Waals surface area contributed by atoms with Crippen LogP contribution in [0, 0.1) is 0 Å². The van der Waals surface area contributed by atoms with Crippen molar-refractivity contribution in [3.63, 3.8) is 0 Å². The molecular weight excluding hydrogens is 388 g/mol. The minimum Gasteiger partial charge on any atom is -0.357 e. The van der Waals surface area contributed by atoms with Crippen molar-refractivity contribution in [3.05, 3.63) is 35.4 Å². The summed E-state index contributed by atoms with van der Waals surface area (Å²) >= 11 is 0. The number of alkyl halides is 2. The first-order valence-corrected chi connectivity index (χ1v) is 10.9. The van der Waals surface area contributed by atoms with Gasteiger partial charge in [-0.05, 0) is 37.3 Å². The SMILES string of the molecule is CCNC(=NCc1cccc(CN2CCCC2=O)c1)NC1CCN(CC(F)F)CC1. The van der Waals surface area contributed by atoms with Gasteiger partial charge in [-0.2, -0.15) is 0 Å². The van der Waals surface area contributed by atoms with E-state index >= 15 is 0 Å². The van der Waals surface area contributed by atoms with Crippen molar-refractivity contribution in [1.82, 2.24) is 20.4 Å². The molecule has 1 amide bonds. The number of aliphatic imine (C=N–C) groups is 1. The summed E-state index contributed by atoms with van der Waals surface area (Å²) in [7, 11) is 0. The maximum atomic E-state index is 12.5. The minimum absolute atomic E-state index is 0.139. The van der Waals surface area contributed by atoms with Crippen LogP contribution < -0.4 is 10.6 Å². The highest BCUT2D eigenvalue weighted by molar-refractivity contribution is 5.80. The average molecular weight is 422 g/mol. The summed E-state index contributed by atoms with van der Waals surface area (Å²) in [5, 5.41) is 6.73. The molecular formula is C22H33F2N5O. The number of nitrogens with zero attached hydrogens (tertiary/aromatic N) is 3. The van der Waals surface area contributed by atoms with Crippen molar-refractivity contribution in [1.29, 1.82) is 0 Å². The van der Waals surface area contributed by atoms with Gasteiger partial charge in [-0.1, -0.05) is 24.3 Å². The minimum atomic E-state index is -2.27. The molecule has 1 aromatic carbocycles. The molecule has 3 rings (SSSR count). The van der Waals surface area contributed by atoms with Crippen molar-refractivity contribution < 1.29 is 13.6 Å². The Labute approximate surface area is 177 Å². The van der Waals surface area contributed by atoms with Crippen LogP contribution in [0.5, 0.6) is 0 Å². The number of rotatable bonds is 8. The maximum absolute atomic E-state index is 12.5. The third kappa shape index (κ3) is 6.93. The lowest BCUT2D eigenvalue weighted by atomic mass is 10.1. The summed E-state index contributed by atoms with van der Waals surface area (Å²) in [6, 6.07) is 8.46. The highest BCUT2D eigenvalue weighted by Gasteiger charge is 2.22. The molecule has 2 fully saturated rings. The van der Waals surface area contributed by atoms with Crippen molar-refractivity contribution in [3.8, 4) is 0 Å². The monoisotopic (exact) mass is 421 g/mol. The van der Waals surface area contributed by atoms with E-state index in [1.165, 1.54) is 0 Å². The summed E-state index contributed by atoms with van der Waals surface area (Å²) < 4.78 is 25.1. The Morgan fingerprint density at radius 1 is 1.23 bits per heavy atom. The third-order valence-electron chi connectivity index (χ3n) is 5.62. The Morgan fingerprint density at radius 2 is 2.00 bits per heavy atom. The molecule has 0 unspecified atom stereocenters. The molecule has 0 bridgehead atoms. The fourth-order valence-corrected chi connectivity index (χ4v) is 4.06. The Kier molecular flexibility index (Phi) is 8.42. The quantitative estimate of drug-likeness (QED) is 0.500. The van der Waals surface area contributed by atoms with E-state index in [1.807, 2.05) is 28.9 Å². The third-order valence-corrected chi connectivity index (χ3v) is 5.62. The van der Waals surface area contributed by atoms with Gasteiger partial charge in [0.05, 0.1) is 13.1 Å². The molecule has 0 aromatic heterocycles. The van der Waals surface area contributed by atoms with Crippen LogP contribution in [0.25, 0.3) is 0 Å². The number of guanidine groups is 1. The molecule has 6 nitrogen and oxygen atoms in total. The summed E-state index contributed by atoms with van der Waals surface area (Å²) in [6.45, 7) is 6.04. The van der Waals surface area contributed by atoms with Gasteiger partial charge < -0.3 is 15.5 Å². The molecule has 1 aromatic rings. The normalized spacial score (nSPS) is 19.0. The van der Waals surface area contributed by atoms with Gasteiger partial charge in [0.15, 0.2) is 5.96 Å². The standard InChI is InChI=1S/C22H33F2N5O/c1-2-25-22(27-19-8-11-28(12-9-19)16-20(23)24)26-14-17-5-3-6-18(13-17)15-29-10-4-7-21(29)30/h3,5-6,13,19-20H,2,4,7-12,14-16H2,1H3,(H2,25,26,27). The lowest BCUT2D eigenvalue weighted by Crippen LogP contribution is -2.49. The van der Waals surface area contributed by atoms with Gasteiger partial charge in [0.1, 0.15) is 0 Å². The van der Waals surface area contributed by atoms with E-state index in [9.17, 15) is 13.6 Å². The molecule has 0 radical (unpaired) electrons. The van der Waals surface area contributed by atoms with Gasteiger partial charge >= 0.3 is 0 Å². The molecule has 0 spiro atoms. The van der Waals surface area contributed by atoms with Gasteiger partial charge in [-0.15, -0.1) is 0 Å². The van der Waals surface area contributed by atoms with Gasteiger partial charge in [0.25, 0.3) is 6.43 Å². The molecule has 2 N–H and O–H groups in total. The zero-order chi connectivity index (χ0) is 21.3. The molecule has 0 atom stereocenters. The number of nitrogens with one attached hydrogen (secondary N) is 2. The van der Waals surface area contributed by atoms with Gasteiger partial charge in [-0.25, -0.2) is 13.8 Å². The number of likely N-dealkylation sites (tertiary alicyclic amines) is 2. The van der Waals surface area contributed by atoms with E-state index in [1.54, 1.807) is 0 Å². The van der Waals surface area contributed by atoms with Crippen LogP contribution in [0.2, 0.25) is 0 Å². The van der Waals surface area contributed by atoms with Crippen molar-refractivity contribution in [2.24, 2.45) is 4.99 Å². The van der Waals surface area contributed by atoms with E-state index < -0.39 is 6.43 Å². The maximum Gasteiger partial charge on any atom is 0.251 e. The van der Waals surface area contributed by atoms with Crippen LogP contribution in [0.1, 0.15) is 43.7 Å². The summed E-state index contributed by atoms with van der Waals surface area (Å²) in [5.41, 5.74) is 2.23. The molecule has 30 heavy (non-hydrogen) atoms. The highest BCUT2D eigenvalue weighted by Crippen LogP contribution is 2.16. The van der Waals surface area contributed by atoms with Crippen molar-refractivity contribution >= 4 is 11.9 Å². The molecule has 0 aliphatic carbocycles. The van der Waals surface area contributed by atoms with E-state index in [-0.39, 0.29) is 18.5 Å². The lowest BCUT2D eigenvalue weighted by Gasteiger charge is -2.32. The van der Waals surface area contributed by atoms with E-state index in [4.69, 9.17) is 4.99 Å². The molecule has 0 saturated carbocycles. The van der Waals surface area contributed by atoms with Gasteiger partial charge in [-0.3, -0.25) is 9.69 Å². The lowest BCUT2D eigenvalue weighted by molar-refractivity contribution is -0.128. The number of amides is 1. The van der Waals surface area contributed by atoms with Crippen LogP contribution in [0.15, 0.2) is 29.3 Å². The number of carbonyl (C=O) groups is 1. The van der Waals surface area contributed by atoms with Crippen molar-refractivity contribution in [2.45, 2.75) is 58.2 Å². The molecule has 2 heterocycles. The number of hydrogen-bond acceptors (Lipinski definition) is 3. The van der Waals surface area contributed by atoms with Crippen molar-refractivity contribution in [2.75, 3.05) is 32.7 Å². The highest BCUT2D eigenvalue weighted by atomic mass is 19.3. The smallest absolute Gasteiger partial charge is 0.251 e. The largest absolute Gasteiger partial charge is 0.357 e. The number of hydrogen-bond donors (Lipinski definition) is 2. The second kappa shape index (κ2) is 11.2. The van der Waals surface area contributed by atoms with Crippen LogP contribution in [-0.4, -0.2) is 66.9 Å². The first-order chi connectivity index (χ1) is 14.5. The molecule has 2 aliphatic heterocycles. The van der Waals surface area contributed by atoms with Gasteiger partial charge in [0, 0.05) is 45.2 Å². The number of halogens is 2. The van der Waals surface area contributed by atoms with E-state index in [0.717, 1.165) is 49.4 Å². The van der Waals surface area contributed by atoms with Gasteiger partial charge in [0.2, 0.25) is 5.91 Å². The summed E-state index contributed by atoms with van der Waals surface area (Å²) in [5.74, 6) is 0.988. The van der Waals surface area contributed by atoms with E-state index in [2.05, 4.69) is 22.8 Å². The predicted octanol–water partition coefficient (Wildman–Crippen LogP) is 2.59. The van der Waals surface area contributed by atoms with Crippen LogP contribution in [-0.2, 0) is 17.9 Å². The first-order valence-electron chi connectivity index (χ1n) is 10.9. The Hall–Kier alpha value is -2.22. The molecule has 166 valence electrons. The summed E-state index contributed by atoms with van der Waals surface area (Å²) in [4.78, 5) is 20.3. The molecule has 2 aliphatic rings. The fraction of sp³-hybridized carbons (Fsp3) is 0.636. The molecule has 8 heteroatoms. The zero-order valence-electron chi connectivity index (χ0n) is 17.7. The average Bonchev–Trinajstić information content (AvgIpc) is 3.12. The predicted molar refractivity (Wildman–Crippen MR) is 115 cm³/mol. The van der Waals surface area contributed by atoms with Crippen LogP contribution >= 0.6 is 0 Å². The Balaban J connectivity index is 1.53. The van der Waals surface area contributed by atoms with Crippen LogP contribution in [0.4, 0.5) is 8.78 Å². The molecule has 2 saturated heterocycles. The number of piperidine rings is 1. The fourth-order valence-electron chi connectivity index (χ4n) is 4.06. The second-order valence-electron chi connectivity index (χ2n) is 8.04. The van der Waals surface area contributed by atoms with E-state index in [0.29, 0.717) is 32.6 Å². The Morgan fingerprint density at radius 3 is 2.67 bits per heavy atom. The summed E-state index contributed by atoms with van der Waals surface area (Å²) in [6.07, 6.45) is 0.991. The first kappa shape index (κ1) is 22.5. The Bertz CT molecular complexity index is 719.